The monoisotopic (exact) mass is 574 g/mol. The Morgan fingerprint density at radius 3 is 1.48 bits per heavy atom. The standard InChI is InChI=1S/C32H50O7Si/c1-5-6-9-18-31(33)38-27-25-36-23-21-34-19-20-35-22-24-37-26-28-39-40(32(2,3)4,29-14-10-7-11-15-29)30-16-12-8-13-17-30/h7-8,10-17H,5-6,9,18-28H2,1-4H3. The Kier molecular flexibility index (Phi) is 17.0. The van der Waals surface area contributed by atoms with Crippen molar-refractivity contribution < 1.29 is 32.9 Å². The van der Waals surface area contributed by atoms with Crippen LogP contribution in [0.3, 0.4) is 0 Å². The summed E-state index contributed by atoms with van der Waals surface area (Å²) < 4.78 is 34.3. The maximum Gasteiger partial charge on any atom is 0.305 e. The zero-order valence-corrected chi connectivity index (χ0v) is 26.0. The van der Waals surface area contributed by atoms with E-state index < -0.39 is 8.32 Å². The fraction of sp³-hybridized carbons (Fsp3) is 0.594. The summed E-state index contributed by atoms with van der Waals surface area (Å²) in [5.74, 6) is -0.152. The van der Waals surface area contributed by atoms with Crippen molar-refractivity contribution in [3.63, 3.8) is 0 Å². The first-order chi connectivity index (χ1) is 19.4. The second-order valence-electron chi connectivity index (χ2n) is 10.6. The van der Waals surface area contributed by atoms with Crippen LogP contribution in [-0.4, -0.2) is 80.4 Å². The quantitative estimate of drug-likeness (QED) is 0.114. The van der Waals surface area contributed by atoms with Gasteiger partial charge in [0.1, 0.15) is 6.61 Å². The van der Waals surface area contributed by atoms with Crippen LogP contribution in [-0.2, 0) is 32.9 Å². The molecule has 0 radical (unpaired) electrons. The zero-order valence-electron chi connectivity index (χ0n) is 25.0. The first kappa shape index (κ1) is 34.1. The summed E-state index contributed by atoms with van der Waals surface area (Å²) >= 11 is 0. The van der Waals surface area contributed by atoms with Gasteiger partial charge < -0.3 is 28.1 Å². The Balaban J connectivity index is 1.55. The van der Waals surface area contributed by atoms with Crippen molar-refractivity contribution in [1.29, 1.82) is 0 Å². The summed E-state index contributed by atoms with van der Waals surface area (Å²) in [7, 11) is -2.53. The largest absolute Gasteiger partial charge is 0.463 e. The second-order valence-corrected chi connectivity index (χ2v) is 14.9. The fourth-order valence-electron chi connectivity index (χ4n) is 4.58. The molecule has 40 heavy (non-hydrogen) atoms. The molecule has 0 amide bonds. The highest BCUT2D eigenvalue weighted by Crippen LogP contribution is 2.36. The van der Waals surface area contributed by atoms with Crippen LogP contribution >= 0.6 is 0 Å². The Hall–Kier alpha value is -2.07. The molecule has 0 saturated heterocycles. The number of unbranched alkanes of at least 4 members (excludes halogenated alkanes) is 2. The Morgan fingerprint density at radius 1 is 0.625 bits per heavy atom. The lowest BCUT2D eigenvalue weighted by molar-refractivity contribution is -0.145. The van der Waals surface area contributed by atoms with Gasteiger partial charge in [-0.25, -0.2) is 0 Å². The van der Waals surface area contributed by atoms with Gasteiger partial charge in [-0.15, -0.1) is 0 Å². The molecule has 0 aromatic heterocycles. The van der Waals surface area contributed by atoms with Crippen LogP contribution in [0.5, 0.6) is 0 Å². The number of hydrogen-bond acceptors (Lipinski definition) is 7. The van der Waals surface area contributed by atoms with Crippen LogP contribution in [0.25, 0.3) is 0 Å². The minimum absolute atomic E-state index is 0.0510. The number of rotatable bonds is 22. The predicted molar refractivity (Wildman–Crippen MR) is 162 cm³/mol. The van der Waals surface area contributed by atoms with Gasteiger partial charge in [0.15, 0.2) is 0 Å². The third-order valence-corrected chi connectivity index (χ3v) is 11.6. The molecule has 0 saturated carbocycles. The summed E-state index contributed by atoms with van der Waals surface area (Å²) in [6.45, 7) is 13.6. The van der Waals surface area contributed by atoms with Gasteiger partial charge >= 0.3 is 5.97 Å². The van der Waals surface area contributed by atoms with Crippen molar-refractivity contribution in [3.8, 4) is 0 Å². The summed E-state index contributed by atoms with van der Waals surface area (Å²) in [5.41, 5.74) is 0. The molecule has 0 N–H and O–H groups in total. The Bertz CT molecular complexity index is 863. The minimum Gasteiger partial charge on any atom is -0.463 e. The van der Waals surface area contributed by atoms with Crippen molar-refractivity contribution in [3.05, 3.63) is 60.7 Å². The van der Waals surface area contributed by atoms with E-state index in [2.05, 4.69) is 88.4 Å². The average Bonchev–Trinajstić information content (AvgIpc) is 2.95. The molecule has 224 valence electrons. The van der Waals surface area contributed by atoms with Gasteiger partial charge in [0, 0.05) is 6.42 Å². The number of hydrogen-bond donors (Lipinski definition) is 0. The lowest BCUT2D eigenvalue weighted by Crippen LogP contribution is -2.66. The normalized spacial score (nSPS) is 12.0. The Labute approximate surface area is 242 Å². The van der Waals surface area contributed by atoms with Gasteiger partial charge in [0.05, 0.1) is 59.5 Å². The third kappa shape index (κ3) is 12.2. The highest BCUT2D eigenvalue weighted by molar-refractivity contribution is 6.99. The van der Waals surface area contributed by atoms with Crippen LogP contribution in [0.2, 0.25) is 5.04 Å². The van der Waals surface area contributed by atoms with Crippen molar-refractivity contribution in [2.75, 3.05) is 66.1 Å². The van der Waals surface area contributed by atoms with Crippen molar-refractivity contribution in [1.82, 2.24) is 0 Å². The first-order valence-corrected chi connectivity index (χ1v) is 16.5. The summed E-state index contributed by atoms with van der Waals surface area (Å²) in [6, 6.07) is 21.3. The van der Waals surface area contributed by atoms with E-state index in [1.54, 1.807) is 0 Å². The minimum atomic E-state index is -2.53. The molecule has 7 nitrogen and oxygen atoms in total. The van der Waals surface area contributed by atoms with Crippen LogP contribution in [0, 0.1) is 0 Å². The van der Waals surface area contributed by atoms with Gasteiger partial charge in [0.25, 0.3) is 8.32 Å². The van der Waals surface area contributed by atoms with Gasteiger partial charge in [-0.1, -0.05) is 101 Å². The maximum atomic E-state index is 11.5. The van der Waals surface area contributed by atoms with Crippen molar-refractivity contribution in [2.45, 2.75) is 58.4 Å². The summed E-state index contributed by atoms with van der Waals surface area (Å²) in [5, 5.41) is 2.48. The molecule has 2 aromatic carbocycles. The lowest BCUT2D eigenvalue weighted by atomic mass is 10.2. The molecule has 0 bridgehead atoms. The first-order valence-electron chi connectivity index (χ1n) is 14.6. The number of benzene rings is 2. The average molecular weight is 575 g/mol. The summed E-state index contributed by atoms with van der Waals surface area (Å²) in [4.78, 5) is 11.5. The molecule has 0 unspecified atom stereocenters. The maximum absolute atomic E-state index is 11.5. The predicted octanol–water partition coefficient (Wildman–Crippen LogP) is 4.75. The van der Waals surface area contributed by atoms with Crippen LogP contribution in [0.4, 0.5) is 0 Å². The smallest absolute Gasteiger partial charge is 0.305 e. The molecule has 0 aliphatic carbocycles. The molecule has 8 heteroatoms. The van der Waals surface area contributed by atoms with E-state index >= 15 is 0 Å². The van der Waals surface area contributed by atoms with E-state index in [1.165, 1.54) is 10.4 Å². The topological polar surface area (TPSA) is 72.5 Å². The SMILES string of the molecule is CCCCCC(=O)OCCOCCOCCOCCOCCO[Si](c1ccccc1)(c1ccccc1)C(C)(C)C. The highest BCUT2D eigenvalue weighted by Gasteiger charge is 2.49. The molecule has 0 aliphatic heterocycles. The second kappa shape index (κ2) is 19.9. The van der Waals surface area contributed by atoms with Crippen LogP contribution < -0.4 is 10.4 Å². The third-order valence-electron chi connectivity index (χ3n) is 6.55. The molecule has 0 atom stereocenters. The van der Waals surface area contributed by atoms with Gasteiger partial charge in [-0.3, -0.25) is 4.79 Å². The van der Waals surface area contributed by atoms with Crippen LogP contribution in [0.1, 0.15) is 53.4 Å². The molecular formula is C32H50O7Si. The van der Waals surface area contributed by atoms with E-state index in [0.717, 1.165) is 19.3 Å². The Morgan fingerprint density at radius 2 is 1.05 bits per heavy atom. The molecule has 2 aromatic rings. The fourth-order valence-corrected chi connectivity index (χ4v) is 9.13. The van der Waals surface area contributed by atoms with Crippen LogP contribution in [0.15, 0.2) is 60.7 Å². The van der Waals surface area contributed by atoms with E-state index in [4.69, 9.17) is 28.1 Å². The van der Waals surface area contributed by atoms with Crippen molar-refractivity contribution in [2.24, 2.45) is 0 Å². The number of esters is 1. The highest BCUT2D eigenvalue weighted by atomic mass is 28.4. The lowest BCUT2D eigenvalue weighted by Gasteiger charge is -2.43. The molecule has 0 heterocycles. The molecule has 0 fully saturated rings. The van der Waals surface area contributed by atoms with E-state index in [-0.39, 0.29) is 17.6 Å². The molecule has 0 aliphatic rings. The molecule has 0 spiro atoms. The number of ether oxygens (including phenoxy) is 5. The van der Waals surface area contributed by atoms with E-state index in [1.807, 2.05) is 0 Å². The summed E-state index contributed by atoms with van der Waals surface area (Å²) in [6.07, 6.45) is 3.52. The van der Waals surface area contributed by atoms with Crippen molar-refractivity contribution >= 4 is 24.7 Å². The molecular weight excluding hydrogens is 524 g/mol. The molecule has 2 rings (SSSR count). The van der Waals surface area contributed by atoms with E-state index in [9.17, 15) is 4.79 Å². The zero-order chi connectivity index (χ0) is 28.9. The van der Waals surface area contributed by atoms with Gasteiger partial charge in [-0.2, -0.15) is 0 Å². The number of carbonyl (C=O) groups excluding carboxylic acids is 1. The van der Waals surface area contributed by atoms with E-state index in [0.29, 0.717) is 65.9 Å². The van der Waals surface area contributed by atoms with Gasteiger partial charge in [0.2, 0.25) is 0 Å². The number of carbonyl (C=O) groups is 1. The van der Waals surface area contributed by atoms with Gasteiger partial charge in [-0.05, 0) is 21.8 Å².